The van der Waals surface area contributed by atoms with E-state index in [4.69, 9.17) is 0 Å². The van der Waals surface area contributed by atoms with Crippen LogP contribution in [0, 0.1) is 5.82 Å². The highest BCUT2D eigenvalue weighted by Crippen LogP contribution is 2.35. The van der Waals surface area contributed by atoms with Gasteiger partial charge in [-0.1, -0.05) is 12.1 Å². The van der Waals surface area contributed by atoms with Crippen molar-refractivity contribution in [3.8, 4) is 0 Å². The number of hydrogen-bond acceptors (Lipinski definition) is 3. The molecule has 2 atom stereocenters. The maximum absolute atomic E-state index is 13.3. The smallest absolute Gasteiger partial charge is 0.271 e. The third-order valence-corrected chi connectivity index (χ3v) is 5.77. The monoisotopic (exact) mass is 376 g/mol. The Balaban J connectivity index is 1.43. The molecule has 0 aliphatic carbocycles. The minimum Gasteiger partial charge on any atom is -0.337 e. The van der Waals surface area contributed by atoms with Gasteiger partial charge in [-0.2, -0.15) is 0 Å². The third kappa shape index (κ3) is 2.99. The van der Waals surface area contributed by atoms with Crippen LogP contribution >= 0.6 is 0 Å². The SMILES string of the molecule is O=C1c2cccn2[C@@H]2CN(Cc3ccncc3)C[C@@H]2N1Cc1ccc(F)cc1. The number of carbonyl (C=O) groups is 1. The zero-order valence-corrected chi connectivity index (χ0v) is 15.4. The van der Waals surface area contributed by atoms with Crippen LogP contribution in [-0.2, 0) is 13.1 Å². The number of rotatable bonds is 4. The topological polar surface area (TPSA) is 41.4 Å². The molecule has 28 heavy (non-hydrogen) atoms. The fourth-order valence-corrected chi connectivity index (χ4v) is 4.44. The molecule has 5 nitrogen and oxygen atoms in total. The van der Waals surface area contributed by atoms with E-state index >= 15 is 0 Å². The Bertz CT molecular complexity index is 985. The van der Waals surface area contributed by atoms with Crippen LogP contribution in [0.4, 0.5) is 4.39 Å². The first-order chi connectivity index (χ1) is 13.7. The first-order valence-corrected chi connectivity index (χ1v) is 9.52. The second-order valence-corrected chi connectivity index (χ2v) is 7.54. The van der Waals surface area contributed by atoms with Crippen molar-refractivity contribution in [1.29, 1.82) is 0 Å². The number of halogens is 1. The van der Waals surface area contributed by atoms with E-state index in [1.165, 1.54) is 17.7 Å². The summed E-state index contributed by atoms with van der Waals surface area (Å²) in [6.45, 7) is 3.04. The maximum atomic E-state index is 13.3. The molecule has 0 spiro atoms. The first-order valence-electron chi connectivity index (χ1n) is 9.52. The van der Waals surface area contributed by atoms with E-state index in [1.54, 1.807) is 12.1 Å². The average Bonchev–Trinajstić information content (AvgIpc) is 3.34. The van der Waals surface area contributed by atoms with E-state index in [0.29, 0.717) is 6.54 Å². The number of hydrogen-bond donors (Lipinski definition) is 0. The van der Waals surface area contributed by atoms with Gasteiger partial charge in [0.15, 0.2) is 0 Å². The Kier molecular flexibility index (Phi) is 4.20. The fourth-order valence-electron chi connectivity index (χ4n) is 4.44. The summed E-state index contributed by atoms with van der Waals surface area (Å²) in [6.07, 6.45) is 5.63. The summed E-state index contributed by atoms with van der Waals surface area (Å²) >= 11 is 0. The van der Waals surface area contributed by atoms with Gasteiger partial charge in [0.1, 0.15) is 11.5 Å². The summed E-state index contributed by atoms with van der Waals surface area (Å²) in [4.78, 5) is 21.6. The van der Waals surface area contributed by atoms with Crippen molar-refractivity contribution in [3.63, 3.8) is 0 Å². The molecule has 0 N–H and O–H groups in total. The van der Waals surface area contributed by atoms with Gasteiger partial charge in [-0.25, -0.2) is 4.39 Å². The van der Waals surface area contributed by atoms with Gasteiger partial charge in [0.2, 0.25) is 0 Å². The van der Waals surface area contributed by atoms with Crippen LogP contribution in [0.15, 0.2) is 67.1 Å². The maximum Gasteiger partial charge on any atom is 0.271 e. The Morgan fingerprint density at radius 2 is 1.64 bits per heavy atom. The fraction of sp³-hybridized carbons (Fsp3) is 0.273. The molecular formula is C22H21FN4O. The van der Waals surface area contributed by atoms with Gasteiger partial charge < -0.3 is 9.47 Å². The lowest BCUT2D eigenvalue weighted by atomic mass is 10.0. The standard InChI is InChI=1S/C22H21FN4O/c23-18-5-3-16(4-6-18)13-27-21-15-25(12-17-7-9-24-10-8-17)14-20(21)26-11-1-2-19(26)22(27)28/h1-11,20-21H,12-15H2/t20-,21+/m1/s1. The van der Waals surface area contributed by atoms with E-state index in [2.05, 4.69) is 14.5 Å². The molecule has 0 unspecified atom stereocenters. The molecule has 2 aliphatic heterocycles. The van der Waals surface area contributed by atoms with E-state index in [1.807, 2.05) is 47.8 Å². The molecule has 0 bridgehead atoms. The van der Waals surface area contributed by atoms with E-state index in [-0.39, 0.29) is 23.8 Å². The molecule has 2 aliphatic rings. The molecule has 2 aromatic heterocycles. The van der Waals surface area contributed by atoms with Crippen LogP contribution in [0.1, 0.15) is 27.7 Å². The molecule has 4 heterocycles. The van der Waals surface area contributed by atoms with Gasteiger partial charge in [0.25, 0.3) is 5.91 Å². The molecule has 0 saturated carbocycles. The highest BCUT2D eigenvalue weighted by Gasteiger charge is 2.44. The quantitative estimate of drug-likeness (QED) is 0.703. The van der Waals surface area contributed by atoms with Crippen LogP contribution < -0.4 is 0 Å². The van der Waals surface area contributed by atoms with Crippen molar-refractivity contribution in [2.75, 3.05) is 13.1 Å². The number of carbonyl (C=O) groups excluding carboxylic acids is 1. The van der Waals surface area contributed by atoms with Crippen LogP contribution in [0.25, 0.3) is 0 Å². The molecule has 1 saturated heterocycles. The van der Waals surface area contributed by atoms with Crippen LogP contribution in [-0.4, -0.2) is 44.4 Å². The minimum atomic E-state index is -0.259. The number of aromatic nitrogens is 2. The number of amides is 1. The molecule has 1 amide bonds. The number of benzene rings is 1. The van der Waals surface area contributed by atoms with E-state index < -0.39 is 0 Å². The number of nitrogens with zero attached hydrogens (tertiary/aromatic N) is 4. The summed E-state index contributed by atoms with van der Waals surface area (Å²) in [5.41, 5.74) is 2.90. The van der Waals surface area contributed by atoms with Gasteiger partial charge in [-0.15, -0.1) is 0 Å². The third-order valence-electron chi connectivity index (χ3n) is 5.77. The number of likely N-dealkylation sites (tertiary alicyclic amines) is 1. The average molecular weight is 376 g/mol. The molecule has 6 heteroatoms. The van der Waals surface area contributed by atoms with Crippen molar-refractivity contribution >= 4 is 5.91 Å². The summed E-state index contributed by atoms with van der Waals surface area (Å²) in [5, 5.41) is 0. The zero-order chi connectivity index (χ0) is 19.1. The predicted octanol–water partition coefficient (Wildman–Crippen LogP) is 3.10. The summed E-state index contributed by atoms with van der Waals surface area (Å²) in [6, 6.07) is 14.6. The Morgan fingerprint density at radius 1 is 0.929 bits per heavy atom. The van der Waals surface area contributed by atoms with Gasteiger partial charge >= 0.3 is 0 Å². The van der Waals surface area contributed by atoms with E-state index in [0.717, 1.165) is 30.9 Å². The second kappa shape index (κ2) is 6.87. The van der Waals surface area contributed by atoms with Gasteiger partial charge in [-0.3, -0.25) is 14.7 Å². The second-order valence-electron chi connectivity index (χ2n) is 7.54. The summed E-state index contributed by atoms with van der Waals surface area (Å²) < 4.78 is 15.4. The molecule has 142 valence electrons. The number of fused-ring (bicyclic) bond motifs is 3. The van der Waals surface area contributed by atoms with Crippen LogP contribution in [0.5, 0.6) is 0 Å². The molecule has 1 fully saturated rings. The highest BCUT2D eigenvalue weighted by molar-refractivity contribution is 5.94. The Labute approximate surface area is 163 Å². The minimum absolute atomic E-state index is 0.0429. The normalized spacial score (nSPS) is 21.6. The molecule has 5 rings (SSSR count). The predicted molar refractivity (Wildman–Crippen MR) is 103 cm³/mol. The van der Waals surface area contributed by atoms with Gasteiger partial charge in [-0.05, 0) is 47.5 Å². The Morgan fingerprint density at radius 3 is 2.43 bits per heavy atom. The van der Waals surface area contributed by atoms with Crippen LogP contribution in [0.2, 0.25) is 0 Å². The first kappa shape index (κ1) is 17.1. The molecule has 0 radical (unpaired) electrons. The lowest BCUT2D eigenvalue weighted by Crippen LogP contribution is -2.49. The lowest BCUT2D eigenvalue weighted by molar-refractivity contribution is 0.0556. The van der Waals surface area contributed by atoms with Gasteiger partial charge in [0, 0.05) is 44.8 Å². The van der Waals surface area contributed by atoms with Crippen molar-refractivity contribution < 1.29 is 9.18 Å². The van der Waals surface area contributed by atoms with Gasteiger partial charge in [0.05, 0.1) is 12.1 Å². The Hall–Kier alpha value is -2.99. The van der Waals surface area contributed by atoms with Crippen molar-refractivity contribution in [2.24, 2.45) is 0 Å². The summed E-state index contributed by atoms with van der Waals surface area (Å²) in [7, 11) is 0. The molecule has 1 aromatic carbocycles. The van der Waals surface area contributed by atoms with E-state index in [9.17, 15) is 9.18 Å². The number of pyridine rings is 1. The summed E-state index contributed by atoms with van der Waals surface area (Å²) in [5.74, 6) is -0.216. The van der Waals surface area contributed by atoms with Crippen LogP contribution in [0.3, 0.4) is 0 Å². The van der Waals surface area contributed by atoms with Crippen molar-refractivity contribution in [3.05, 3.63) is 89.8 Å². The molecule has 3 aromatic rings. The lowest BCUT2D eigenvalue weighted by Gasteiger charge is -2.38. The largest absolute Gasteiger partial charge is 0.337 e. The zero-order valence-electron chi connectivity index (χ0n) is 15.4. The molecular weight excluding hydrogens is 355 g/mol. The van der Waals surface area contributed by atoms with Crippen molar-refractivity contribution in [2.45, 2.75) is 25.2 Å². The van der Waals surface area contributed by atoms with Crippen molar-refractivity contribution in [1.82, 2.24) is 19.4 Å². The highest BCUT2D eigenvalue weighted by atomic mass is 19.1.